The number of rotatable bonds is 3. The molecule has 1 aromatic rings. The summed E-state index contributed by atoms with van der Waals surface area (Å²) in [6.07, 6.45) is 2.55. The molecule has 0 spiro atoms. The number of Topliss-reactive ketones (excluding diaryl/α,β-unsaturated/α-hetero) is 1. The van der Waals surface area contributed by atoms with Crippen molar-refractivity contribution in [1.82, 2.24) is 0 Å². The summed E-state index contributed by atoms with van der Waals surface area (Å²) < 4.78 is 0. The van der Waals surface area contributed by atoms with Crippen LogP contribution in [0.15, 0.2) is 23.8 Å². The highest BCUT2D eigenvalue weighted by Crippen LogP contribution is 2.18. The van der Waals surface area contributed by atoms with Crippen LogP contribution in [0.3, 0.4) is 0 Å². The molecule has 0 heterocycles. The summed E-state index contributed by atoms with van der Waals surface area (Å²) >= 11 is 5.86. The van der Waals surface area contributed by atoms with E-state index in [0.29, 0.717) is 6.42 Å². The minimum Gasteiger partial charge on any atom is -0.300 e. The number of ketones is 1. The Balaban J connectivity index is 2.92. The highest BCUT2D eigenvalue weighted by Gasteiger charge is 1.99. The van der Waals surface area contributed by atoms with Crippen molar-refractivity contribution in [1.29, 1.82) is 0 Å². The van der Waals surface area contributed by atoms with Gasteiger partial charge in [-0.25, -0.2) is 0 Å². The van der Waals surface area contributed by atoms with E-state index >= 15 is 0 Å². The second kappa shape index (κ2) is 5.13. The van der Waals surface area contributed by atoms with Gasteiger partial charge in [-0.2, -0.15) is 0 Å². The van der Waals surface area contributed by atoms with Gasteiger partial charge in [0.2, 0.25) is 0 Å². The van der Waals surface area contributed by atoms with Crippen molar-refractivity contribution in [2.45, 2.75) is 27.2 Å². The van der Waals surface area contributed by atoms with Gasteiger partial charge in [-0.1, -0.05) is 29.3 Å². The number of aryl methyl sites for hydroxylation is 1. The van der Waals surface area contributed by atoms with Crippen LogP contribution >= 0.6 is 11.6 Å². The van der Waals surface area contributed by atoms with Gasteiger partial charge < -0.3 is 0 Å². The highest BCUT2D eigenvalue weighted by atomic mass is 35.5. The molecule has 0 bridgehead atoms. The lowest BCUT2D eigenvalue weighted by molar-refractivity contribution is -0.116. The first-order valence-electron chi connectivity index (χ1n) is 4.92. The van der Waals surface area contributed by atoms with Crippen molar-refractivity contribution in [3.8, 4) is 0 Å². The Bertz CT molecular complexity index is 405. The third kappa shape index (κ3) is 3.88. The Labute approximate surface area is 95.8 Å². The van der Waals surface area contributed by atoms with Crippen LogP contribution in [0, 0.1) is 6.92 Å². The van der Waals surface area contributed by atoms with Crippen LogP contribution in [0.1, 0.15) is 31.4 Å². The molecular formula is C13H15ClO. The molecule has 1 aromatic carbocycles. The molecule has 80 valence electrons. The van der Waals surface area contributed by atoms with Gasteiger partial charge in [0.05, 0.1) is 0 Å². The van der Waals surface area contributed by atoms with E-state index in [1.54, 1.807) is 6.92 Å². The standard InChI is InChI=1S/C13H15ClO/c1-9(6-11(3)15)7-12-4-5-13(14)8-10(12)2/h4-5,7-8H,6H2,1-3H3/b9-7-. The van der Waals surface area contributed by atoms with Crippen molar-refractivity contribution in [3.05, 3.63) is 39.9 Å². The summed E-state index contributed by atoms with van der Waals surface area (Å²) in [5.74, 6) is 0.190. The molecule has 0 aliphatic heterocycles. The molecule has 2 heteroatoms. The number of hydrogen-bond donors (Lipinski definition) is 0. The minimum atomic E-state index is 0.190. The quantitative estimate of drug-likeness (QED) is 0.755. The topological polar surface area (TPSA) is 17.1 Å². The Morgan fingerprint density at radius 3 is 2.60 bits per heavy atom. The molecule has 0 atom stereocenters. The number of carbonyl (C=O) groups excluding carboxylic acids is 1. The number of halogens is 1. The van der Waals surface area contributed by atoms with E-state index in [0.717, 1.165) is 21.7 Å². The molecule has 1 nitrogen and oxygen atoms in total. The zero-order chi connectivity index (χ0) is 11.4. The lowest BCUT2D eigenvalue weighted by Crippen LogP contribution is -1.90. The van der Waals surface area contributed by atoms with Gasteiger partial charge in [-0.15, -0.1) is 0 Å². The Kier molecular flexibility index (Phi) is 4.10. The second-order valence-electron chi connectivity index (χ2n) is 3.87. The zero-order valence-electron chi connectivity index (χ0n) is 9.30. The van der Waals surface area contributed by atoms with Crippen LogP contribution < -0.4 is 0 Å². The lowest BCUT2D eigenvalue weighted by atomic mass is 10.0. The highest BCUT2D eigenvalue weighted by molar-refractivity contribution is 6.30. The summed E-state index contributed by atoms with van der Waals surface area (Å²) in [6, 6.07) is 5.76. The average molecular weight is 223 g/mol. The van der Waals surface area contributed by atoms with Crippen molar-refractivity contribution in [2.24, 2.45) is 0 Å². The molecule has 0 saturated carbocycles. The smallest absolute Gasteiger partial charge is 0.133 e. The summed E-state index contributed by atoms with van der Waals surface area (Å²) in [6.45, 7) is 5.58. The fourth-order valence-corrected chi connectivity index (χ4v) is 1.74. The van der Waals surface area contributed by atoms with Crippen LogP contribution in [0.2, 0.25) is 5.02 Å². The van der Waals surface area contributed by atoms with Gasteiger partial charge in [-0.3, -0.25) is 4.79 Å². The van der Waals surface area contributed by atoms with Crippen LogP contribution in [0.25, 0.3) is 6.08 Å². The molecule has 0 aromatic heterocycles. The maximum Gasteiger partial charge on any atom is 0.133 e. The molecule has 0 aliphatic rings. The zero-order valence-corrected chi connectivity index (χ0v) is 10.1. The number of carbonyl (C=O) groups is 1. The third-order valence-corrected chi connectivity index (χ3v) is 2.40. The van der Waals surface area contributed by atoms with Crippen molar-refractivity contribution >= 4 is 23.5 Å². The van der Waals surface area contributed by atoms with E-state index in [-0.39, 0.29) is 5.78 Å². The van der Waals surface area contributed by atoms with Gasteiger partial charge in [0, 0.05) is 11.4 Å². The summed E-state index contributed by atoms with van der Waals surface area (Å²) in [5, 5.41) is 0.744. The first kappa shape index (κ1) is 12.0. The predicted molar refractivity (Wildman–Crippen MR) is 65.1 cm³/mol. The predicted octanol–water partition coefficient (Wildman–Crippen LogP) is 4.03. The largest absolute Gasteiger partial charge is 0.300 e. The van der Waals surface area contributed by atoms with E-state index in [9.17, 15) is 4.79 Å². The fraction of sp³-hybridized carbons (Fsp3) is 0.308. The van der Waals surface area contributed by atoms with Crippen molar-refractivity contribution < 1.29 is 4.79 Å². The van der Waals surface area contributed by atoms with Gasteiger partial charge >= 0.3 is 0 Å². The summed E-state index contributed by atoms with van der Waals surface area (Å²) in [7, 11) is 0. The van der Waals surface area contributed by atoms with E-state index in [1.165, 1.54) is 0 Å². The van der Waals surface area contributed by atoms with Crippen molar-refractivity contribution in [3.63, 3.8) is 0 Å². The van der Waals surface area contributed by atoms with E-state index in [1.807, 2.05) is 38.1 Å². The number of allylic oxidation sites excluding steroid dienone is 1. The van der Waals surface area contributed by atoms with Gasteiger partial charge in [0.15, 0.2) is 0 Å². The monoisotopic (exact) mass is 222 g/mol. The van der Waals surface area contributed by atoms with E-state index < -0.39 is 0 Å². The van der Waals surface area contributed by atoms with Gasteiger partial charge in [0.25, 0.3) is 0 Å². The molecule has 15 heavy (non-hydrogen) atoms. The molecule has 0 radical (unpaired) electrons. The molecule has 0 unspecified atom stereocenters. The van der Waals surface area contributed by atoms with Gasteiger partial charge in [0.1, 0.15) is 5.78 Å². The number of benzene rings is 1. The maximum absolute atomic E-state index is 10.9. The molecule has 0 saturated heterocycles. The molecule has 1 rings (SSSR count). The lowest BCUT2D eigenvalue weighted by Gasteiger charge is -2.03. The first-order chi connectivity index (χ1) is 6.99. The molecule has 0 aliphatic carbocycles. The Morgan fingerprint density at radius 2 is 2.07 bits per heavy atom. The Hall–Kier alpha value is -1.08. The molecular weight excluding hydrogens is 208 g/mol. The number of hydrogen-bond acceptors (Lipinski definition) is 1. The normalized spacial score (nSPS) is 11.6. The van der Waals surface area contributed by atoms with Crippen molar-refractivity contribution in [2.75, 3.05) is 0 Å². The van der Waals surface area contributed by atoms with Crippen LogP contribution in [-0.4, -0.2) is 5.78 Å². The Morgan fingerprint density at radius 1 is 1.40 bits per heavy atom. The molecule has 0 fully saturated rings. The second-order valence-corrected chi connectivity index (χ2v) is 4.31. The first-order valence-corrected chi connectivity index (χ1v) is 5.29. The molecule has 0 N–H and O–H groups in total. The fourth-order valence-electron chi connectivity index (χ4n) is 1.51. The average Bonchev–Trinajstić information content (AvgIpc) is 2.08. The molecule has 0 amide bonds. The van der Waals surface area contributed by atoms with Crippen LogP contribution in [0.5, 0.6) is 0 Å². The van der Waals surface area contributed by atoms with Gasteiger partial charge in [-0.05, 0) is 44.0 Å². The van der Waals surface area contributed by atoms with E-state index in [2.05, 4.69) is 0 Å². The summed E-state index contributed by atoms with van der Waals surface area (Å²) in [5.41, 5.74) is 3.33. The maximum atomic E-state index is 10.9. The van der Waals surface area contributed by atoms with E-state index in [4.69, 9.17) is 11.6 Å². The van der Waals surface area contributed by atoms with Crippen LogP contribution in [0.4, 0.5) is 0 Å². The third-order valence-electron chi connectivity index (χ3n) is 2.16. The van der Waals surface area contributed by atoms with Crippen LogP contribution in [-0.2, 0) is 4.79 Å². The minimum absolute atomic E-state index is 0.190. The SMILES string of the molecule is CC(=O)C/C(C)=C\c1ccc(Cl)cc1C. The summed E-state index contributed by atoms with van der Waals surface area (Å²) in [4.78, 5) is 10.9.